The SMILES string of the molecule is Cc1cccc2c1NCC(C)C2N. The Morgan fingerprint density at radius 2 is 2.23 bits per heavy atom. The quantitative estimate of drug-likeness (QED) is 0.635. The molecule has 1 heterocycles. The third-order valence-electron chi connectivity index (χ3n) is 2.88. The number of benzene rings is 1. The summed E-state index contributed by atoms with van der Waals surface area (Å²) in [5.41, 5.74) is 9.92. The van der Waals surface area contributed by atoms with Gasteiger partial charge in [0.05, 0.1) is 0 Å². The van der Waals surface area contributed by atoms with Gasteiger partial charge in [-0.3, -0.25) is 0 Å². The number of nitrogens with one attached hydrogen (secondary N) is 1. The Labute approximate surface area is 79.1 Å². The second-order valence-corrected chi connectivity index (χ2v) is 3.92. The van der Waals surface area contributed by atoms with E-state index in [9.17, 15) is 0 Å². The first-order valence-corrected chi connectivity index (χ1v) is 4.79. The second kappa shape index (κ2) is 3.04. The first kappa shape index (κ1) is 8.57. The zero-order valence-corrected chi connectivity index (χ0v) is 8.17. The molecule has 0 saturated heterocycles. The van der Waals surface area contributed by atoms with Gasteiger partial charge in [0.15, 0.2) is 0 Å². The van der Waals surface area contributed by atoms with Crippen LogP contribution in [0.2, 0.25) is 0 Å². The van der Waals surface area contributed by atoms with E-state index in [4.69, 9.17) is 5.73 Å². The molecule has 0 bridgehead atoms. The molecular weight excluding hydrogens is 160 g/mol. The summed E-state index contributed by atoms with van der Waals surface area (Å²) in [6, 6.07) is 6.51. The summed E-state index contributed by atoms with van der Waals surface area (Å²) < 4.78 is 0. The average Bonchev–Trinajstić information content (AvgIpc) is 2.12. The molecular formula is C11H16N2. The lowest BCUT2D eigenvalue weighted by molar-refractivity contribution is 0.479. The maximum atomic E-state index is 6.12. The fourth-order valence-corrected chi connectivity index (χ4v) is 1.91. The Balaban J connectivity index is 2.49. The minimum absolute atomic E-state index is 0.191. The summed E-state index contributed by atoms with van der Waals surface area (Å²) in [6.07, 6.45) is 0. The molecule has 0 aliphatic carbocycles. The number of anilines is 1. The van der Waals surface area contributed by atoms with E-state index in [0.717, 1.165) is 6.54 Å². The molecule has 1 aliphatic rings. The summed E-state index contributed by atoms with van der Waals surface area (Å²) in [5, 5.41) is 3.43. The molecule has 2 heteroatoms. The van der Waals surface area contributed by atoms with Crippen LogP contribution >= 0.6 is 0 Å². The molecule has 3 N–H and O–H groups in total. The van der Waals surface area contributed by atoms with Crippen LogP contribution in [0.3, 0.4) is 0 Å². The van der Waals surface area contributed by atoms with Crippen molar-refractivity contribution in [3.8, 4) is 0 Å². The van der Waals surface area contributed by atoms with Crippen molar-refractivity contribution in [3.05, 3.63) is 29.3 Å². The van der Waals surface area contributed by atoms with Crippen molar-refractivity contribution in [1.82, 2.24) is 0 Å². The van der Waals surface area contributed by atoms with Crippen LogP contribution in [0.4, 0.5) is 5.69 Å². The summed E-state index contributed by atoms with van der Waals surface area (Å²) >= 11 is 0. The fourth-order valence-electron chi connectivity index (χ4n) is 1.91. The van der Waals surface area contributed by atoms with Gasteiger partial charge in [-0.25, -0.2) is 0 Å². The highest BCUT2D eigenvalue weighted by atomic mass is 14.9. The first-order chi connectivity index (χ1) is 6.20. The van der Waals surface area contributed by atoms with Crippen molar-refractivity contribution in [3.63, 3.8) is 0 Å². The third-order valence-corrected chi connectivity index (χ3v) is 2.88. The van der Waals surface area contributed by atoms with Crippen molar-refractivity contribution in [2.45, 2.75) is 19.9 Å². The van der Waals surface area contributed by atoms with Gasteiger partial charge in [-0.05, 0) is 24.0 Å². The van der Waals surface area contributed by atoms with Crippen molar-refractivity contribution in [2.75, 3.05) is 11.9 Å². The predicted molar refractivity (Wildman–Crippen MR) is 55.8 cm³/mol. The van der Waals surface area contributed by atoms with Crippen molar-refractivity contribution in [1.29, 1.82) is 0 Å². The number of hydrogen-bond donors (Lipinski definition) is 2. The zero-order valence-electron chi connectivity index (χ0n) is 8.17. The minimum Gasteiger partial charge on any atom is -0.384 e. The minimum atomic E-state index is 0.191. The van der Waals surface area contributed by atoms with E-state index >= 15 is 0 Å². The lowest BCUT2D eigenvalue weighted by Crippen LogP contribution is -2.31. The average molecular weight is 176 g/mol. The summed E-state index contributed by atoms with van der Waals surface area (Å²) in [4.78, 5) is 0. The van der Waals surface area contributed by atoms with Crippen molar-refractivity contribution in [2.24, 2.45) is 11.7 Å². The standard InChI is InChI=1S/C11H16N2/c1-7-4-3-5-9-10(12)8(2)6-13-11(7)9/h3-5,8,10,13H,6,12H2,1-2H3. The van der Waals surface area contributed by atoms with Crippen molar-refractivity contribution >= 4 is 5.69 Å². The van der Waals surface area contributed by atoms with Gasteiger partial charge < -0.3 is 11.1 Å². The second-order valence-electron chi connectivity index (χ2n) is 3.92. The molecule has 0 fully saturated rings. The van der Waals surface area contributed by atoms with Crippen LogP contribution in [0.25, 0.3) is 0 Å². The summed E-state index contributed by atoms with van der Waals surface area (Å²) in [5.74, 6) is 0.522. The van der Waals surface area contributed by atoms with Crippen LogP contribution in [0.5, 0.6) is 0 Å². The number of hydrogen-bond acceptors (Lipinski definition) is 2. The third kappa shape index (κ3) is 1.31. The normalized spacial score (nSPS) is 26.4. The lowest BCUT2D eigenvalue weighted by Gasteiger charge is -2.30. The lowest BCUT2D eigenvalue weighted by atomic mass is 9.89. The first-order valence-electron chi connectivity index (χ1n) is 4.79. The van der Waals surface area contributed by atoms with Crippen LogP contribution < -0.4 is 11.1 Å². The van der Waals surface area contributed by atoms with E-state index in [1.54, 1.807) is 0 Å². The smallest absolute Gasteiger partial charge is 0.0418 e. The van der Waals surface area contributed by atoms with Crippen molar-refractivity contribution < 1.29 is 0 Å². The number of aryl methyl sites for hydroxylation is 1. The van der Waals surface area contributed by atoms with E-state index in [0.29, 0.717) is 5.92 Å². The summed E-state index contributed by atoms with van der Waals surface area (Å²) in [6.45, 7) is 5.29. The van der Waals surface area contributed by atoms with Gasteiger partial charge in [0.2, 0.25) is 0 Å². The molecule has 0 aromatic heterocycles. The van der Waals surface area contributed by atoms with Crippen LogP contribution in [0, 0.1) is 12.8 Å². The van der Waals surface area contributed by atoms with E-state index < -0.39 is 0 Å². The predicted octanol–water partition coefficient (Wildman–Crippen LogP) is 2.06. The van der Waals surface area contributed by atoms with E-state index in [1.807, 2.05) is 0 Å². The topological polar surface area (TPSA) is 38.0 Å². The molecule has 0 amide bonds. The van der Waals surface area contributed by atoms with Crippen LogP contribution in [0.1, 0.15) is 24.1 Å². The van der Waals surface area contributed by atoms with Crippen LogP contribution in [-0.2, 0) is 0 Å². The Morgan fingerprint density at radius 3 is 3.00 bits per heavy atom. The molecule has 70 valence electrons. The van der Waals surface area contributed by atoms with Gasteiger partial charge in [0.25, 0.3) is 0 Å². The molecule has 0 saturated carbocycles. The van der Waals surface area contributed by atoms with Crippen LogP contribution in [-0.4, -0.2) is 6.54 Å². The Bertz CT molecular complexity index is 320. The highest BCUT2D eigenvalue weighted by molar-refractivity contribution is 5.60. The Morgan fingerprint density at radius 1 is 1.46 bits per heavy atom. The molecule has 2 unspecified atom stereocenters. The molecule has 2 nitrogen and oxygen atoms in total. The molecule has 13 heavy (non-hydrogen) atoms. The molecule has 2 rings (SSSR count). The van der Waals surface area contributed by atoms with Gasteiger partial charge in [0.1, 0.15) is 0 Å². The number of rotatable bonds is 0. The molecule has 1 aromatic carbocycles. The number of nitrogens with two attached hydrogens (primary N) is 1. The highest BCUT2D eigenvalue weighted by Crippen LogP contribution is 2.33. The Hall–Kier alpha value is -1.02. The molecule has 1 aromatic rings. The van der Waals surface area contributed by atoms with Gasteiger partial charge in [0, 0.05) is 18.3 Å². The van der Waals surface area contributed by atoms with E-state index in [2.05, 4.69) is 37.4 Å². The molecule has 0 spiro atoms. The molecule has 0 radical (unpaired) electrons. The van der Waals surface area contributed by atoms with Crippen LogP contribution in [0.15, 0.2) is 18.2 Å². The fraction of sp³-hybridized carbons (Fsp3) is 0.455. The van der Waals surface area contributed by atoms with Gasteiger partial charge in [-0.1, -0.05) is 25.1 Å². The monoisotopic (exact) mass is 176 g/mol. The van der Waals surface area contributed by atoms with Gasteiger partial charge >= 0.3 is 0 Å². The van der Waals surface area contributed by atoms with E-state index in [-0.39, 0.29) is 6.04 Å². The molecule has 1 aliphatic heterocycles. The summed E-state index contributed by atoms with van der Waals surface area (Å²) in [7, 11) is 0. The molecule has 2 atom stereocenters. The number of fused-ring (bicyclic) bond motifs is 1. The van der Waals surface area contributed by atoms with Gasteiger partial charge in [-0.2, -0.15) is 0 Å². The zero-order chi connectivity index (χ0) is 9.42. The maximum Gasteiger partial charge on any atom is 0.0418 e. The maximum absolute atomic E-state index is 6.12. The Kier molecular flexibility index (Phi) is 2.00. The van der Waals surface area contributed by atoms with E-state index in [1.165, 1.54) is 16.8 Å². The van der Waals surface area contributed by atoms with Gasteiger partial charge in [-0.15, -0.1) is 0 Å². The number of para-hydroxylation sites is 1. The largest absolute Gasteiger partial charge is 0.384 e. The highest BCUT2D eigenvalue weighted by Gasteiger charge is 2.23.